The van der Waals surface area contributed by atoms with Gasteiger partial charge in [0, 0.05) is 11.2 Å². The van der Waals surface area contributed by atoms with Crippen LogP contribution in [0.25, 0.3) is 0 Å². The lowest BCUT2D eigenvalue weighted by Gasteiger charge is -2.19. The smallest absolute Gasteiger partial charge is 0.123 e. The third-order valence-electron chi connectivity index (χ3n) is 3.27. The number of nitrogens with zero attached hydrogens (tertiary/aromatic N) is 1. The van der Waals surface area contributed by atoms with E-state index < -0.39 is 0 Å². The van der Waals surface area contributed by atoms with Crippen LogP contribution in [0.1, 0.15) is 29.8 Å². The fourth-order valence-electron chi connectivity index (χ4n) is 2.22. The van der Waals surface area contributed by atoms with Gasteiger partial charge in [0.2, 0.25) is 0 Å². The first kappa shape index (κ1) is 14.9. The number of rotatable bonds is 5. The summed E-state index contributed by atoms with van der Waals surface area (Å²) in [6.07, 6.45) is 3.07. The van der Waals surface area contributed by atoms with E-state index in [1.165, 1.54) is 12.1 Å². The Kier molecular flexibility index (Phi) is 5.06. The second-order valence-electron chi connectivity index (χ2n) is 4.56. The van der Waals surface area contributed by atoms with Crippen LogP contribution in [0.2, 0.25) is 5.02 Å². The summed E-state index contributed by atoms with van der Waals surface area (Å²) in [5.41, 5.74) is 5.44. The van der Waals surface area contributed by atoms with Crippen molar-refractivity contribution < 1.29 is 4.39 Å². The highest BCUT2D eigenvalue weighted by Gasteiger charge is 2.17. The average molecular weight is 294 g/mol. The Morgan fingerprint density at radius 1 is 1.35 bits per heavy atom. The van der Waals surface area contributed by atoms with Gasteiger partial charge in [-0.25, -0.2) is 4.39 Å². The van der Waals surface area contributed by atoms with Gasteiger partial charge in [-0.3, -0.25) is 16.3 Å². The molecule has 0 spiro atoms. The molecule has 2 aromatic rings. The molecule has 3 N–H and O–H groups in total. The molecule has 20 heavy (non-hydrogen) atoms. The van der Waals surface area contributed by atoms with Crippen LogP contribution in [0.3, 0.4) is 0 Å². The van der Waals surface area contributed by atoms with Crippen molar-refractivity contribution >= 4 is 11.6 Å². The lowest BCUT2D eigenvalue weighted by atomic mass is 9.99. The first-order chi connectivity index (χ1) is 9.65. The lowest BCUT2D eigenvalue weighted by Crippen LogP contribution is -2.31. The van der Waals surface area contributed by atoms with Crippen LogP contribution in [0.15, 0.2) is 36.5 Å². The molecule has 3 nitrogen and oxygen atoms in total. The molecule has 0 amide bonds. The molecule has 0 aliphatic carbocycles. The van der Waals surface area contributed by atoms with Crippen molar-refractivity contribution in [2.24, 2.45) is 5.84 Å². The second-order valence-corrected chi connectivity index (χ2v) is 4.97. The predicted molar refractivity (Wildman–Crippen MR) is 78.8 cm³/mol. The molecule has 0 aliphatic heterocycles. The maximum atomic E-state index is 13.3. The molecule has 0 radical (unpaired) electrons. The highest BCUT2D eigenvalue weighted by Crippen LogP contribution is 2.25. The summed E-state index contributed by atoms with van der Waals surface area (Å²) in [7, 11) is 0. The van der Waals surface area contributed by atoms with Gasteiger partial charge in [0.15, 0.2) is 0 Å². The molecule has 2 rings (SSSR count). The lowest BCUT2D eigenvalue weighted by molar-refractivity contribution is 0.531. The molecule has 5 heteroatoms. The number of hydrogen-bond acceptors (Lipinski definition) is 3. The number of aryl methyl sites for hydroxylation is 1. The predicted octanol–water partition coefficient (Wildman–Crippen LogP) is 3.18. The van der Waals surface area contributed by atoms with Gasteiger partial charge in [0.1, 0.15) is 5.82 Å². The van der Waals surface area contributed by atoms with Crippen LogP contribution in [0, 0.1) is 5.82 Å². The Morgan fingerprint density at radius 2 is 2.15 bits per heavy atom. The second kappa shape index (κ2) is 6.79. The zero-order chi connectivity index (χ0) is 14.5. The Bertz CT molecular complexity index is 589. The van der Waals surface area contributed by atoms with E-state index in [-0.39, 0.29) is 11.9 Å². The SMILES string of the molecule is CCc1cccnc1C(Cc1cc(F)ccc1Cl)NN. The van der Waals surface area contributed by atoms with Crippen molar-refractivity contribution in [3.05, 3.63) is 64.2 Å². The number of halogens is 2. The van der Waals surface area contributed by atoms with E-state index >= 15 is 0 Å². The summed E-state index contributed by atoms with van der Waals surface area (Å²) in [6, 6.07) is 8.03. The Hall–Kier alpha value is -1.49. The van der Waals surface area contributed by atoms with Crippen LogP contribution in [0.4, 0.5) is 4.39 Å². The van der Waals surface area contributed by atoms with E-state index in [0.717, 1.165) is 17.7 Å². The standard InChI is InChI=1S/C15H17ClFN3/c1-2-10-4-3-7-19-15(10)14(20-18)9-11-8-12(17)5-6-13(11)16/h3-8,14,20H,2,9,18H2,1H3. The summed E-state index contributed by atoms with van der Waals surface area (Å²) >= 11 is 6.10. The fraction of sp³-hybridized carbons (Fsp3) is 0.267. The minimum Gasteiger partial charge on any atom is -0.271 e. The molecule has 0 saturated heterocycles. The quantitative estimate of drug-likeness (QED) is 0.657. The third-order valence-corrected chi connectivity index (χ3v) is 3.64. The van der Waals surface area contributed by atoms with Gasteiger partial charge >= 0.3 is 0 Å². The van der Waals surface area contributed by atoms with Gasteiger partial charge in [-0.2, -0.15) is 0 Å². The van der Waals surface area contributed by atoms with Crippen molar-refractivity contribution in [2.45, 2.75) is 25.8 Å². The Balaban J connectivity index is 2.31. The Morgan fingerprint density at radius 3 is 2.85 bits per heavy atom. The van der Waals surface area contributed by atoms with E-state index in [4.69, 9.17) is 17.4 Å². The molecule has 0 saturated carbocycles. The number of hydrazine groups is 1. The van der Waals surface area contributed by atoms with E-state index in [1.807, 2.05) is 12.1 Å². The zero-order valence-electron chi connectivity index (χ0n) is 11.2. The molecule has 1 unspecified atom stereocenters. The Labute approximate surface area is 122 Å². The van der Waals surface area contributed by atoms with Crippen LogP contribution >= 0.6 is 11.6 Å². The van der Waals surface area contributed by atoms with Crippen molar-refractivity contribution in [3.8, 4) is 0 Å². The van der Waals surface area contributed by atoms with Gasteiger partial charge in [-0.15, -0.1) is 0 Å². The van der Waals surface area contributed by atoms with Crippen molar-refractivity contribution in [2.75, 3.05) is 0 Å². The first-order valence-corrected chi connectivity index (χ1v) is 6.87. The van der Waals surface area contributed by atoms with Crippen LogP contribution in [-0.4, -0.2) is 4.98 Å². The largest absolute Gasteiger partial charge is 0.271 e. The highest BCUT2D eigenvalue weighted by molar-refractivity contribution is 6.31. The summed E-state index contributed by atoms with van der Waals surface area (Å²) < 4.78 is 13.3. The first-order valence-electron chi connectivity index (χ1n) is 6.49. The summed E-state index contributed by atoms with van der Waals surface area (Å²) in [4.78, 5) is 4.39. The van der Waals surface area contributed by atoms with Crippen LogP contribution in [0.5, 0.6) is 0 Å². The van der Waals surface area contributed by atoms with Gasteiger partial charge in [0.05, 0.1) is 11.7 Å². The molecular weight excluding hydrogens is 277 g/mol. The number of nitrogens with one attached hydrogen (secondary N) is 1. The minimum absolute atomic E-state index is 0.203. The topological polar surface area (TPSA) is 50.9 Å². The molecule has 1 atom stereocenters. The zero-order valence-corrected chi connectivity index (χ0v) is 12.0. The average Bonchev–Trinajstić information content (AvgIpc) is 2.48. The fourth-order valence-corrected chi connectivity index (χ4v) is 2.41. The number of benzene rings is 1. The normalized spacial score (nSPS) is 12.4. The molecule has 1 aromatic carbocycles. The number of nitrogens with two attached hydrogens (primary N) is 1. The number of aromatic nitrogens is 1. The minimum atomic E-state index is -0.308. The van der Waals surface area contributed by atoms with Gasteiger partial charge < -0.3 is 0 Å². The van der Waals surface area contributed by atoms with Crippen molar-refractivity contribution in [1.82, 2.24) is 10.4 Å². The summed E-state index contributed by atoms with van der Waals surface area (Å²) in [5.74, 6) is 5.33. The molecule has 0 aliphatic rings. The van der Waals surface area contributed by atoms with Crippen molar-refractivity contribution in [3.63, 3.8) is 0 Å². The van der Waals surface area contributed by atoms with Crippen LogP contribution < -0.4 is 11.3 Å². The van der Waals surface area contributed by atoms with Gasteiger partial charge in [-0.1, -0.05) is 24.6 Å². The molecule has 106 valence electrons. The number of hydrogen-bond donors (Lipinski definition) is 2. The molecule has 0 fully saturated rings. The molecule has 1 heterocycles. The molecule has 0 bridgehead atoms. The molecule has 1 aromatic heterocycles. The van der Waals surface area contributed by atoms with E-state index in [1.54, 1.807) is 12.3 Å². The van der Waals surface area contributed by atoms with E-state index in [2.05, 4.69) is 17.3 Å². The van der Waals surface area contributed by atoms with Crippen molar-refractivity contribution in [1.29, 1.82) is 0 Å². The molecular formula is C15H17ClFN3. The van der Waals surface area contributed by atoms with Gasteiger partial charge in [0.25, 0.3) is 0 Å². The van der Waals surface area contributed by atoms with Gasteiger partial charge in [-0.05, 0) is 48.2 Å². The monoisotopic (exact) mass is 293 g/mol. The van der Waals surface area contributed by atoms with Crippen LogP contribution in [-0.2, 0) is 12.8 Å². The maximum absolute atomic E-state index is 13.3. The third kappa shape index (κ3) is 3.33. The van der Waals surface area contributed by atoms with E-state index in [0.29, 0.717) is 17.0 Å². The highest BCUT2D eigenvalue weighted by atomic mass is 35.5. The number of pyridine rings is 1. The summed E-state index contributed by atoms with van der Waals surface area (Å²) in [6.45, 7) is 2.06. The van der Waals surface area contributed by atoms with E-state index in [9.17, 15) is 4.39 Å². The summed E-state index contributed by atoms with van der Waals surface area (Å²) in [5, 5.41) is 0.528. The maximum Gasteiger partial charge on any atom is 0.123 e.